The van der Waals surface area contributed by atoms with Gasteiger partial charge in [0.1, 0.15) is 6.61 Å². The zero-order valence-electron chi connectivity index (χ0n) is 8.50. The van der Waals surface area contributed by atoms with E-state index < -0.39 is 5.97 Å². The summed E-state index contributed by atoms with van der Waals surface area (Å²) in [5, 5.41) is 8.69. The lowest BCUT2D eigenvalue weighted by Crippen LogP contribution is -2.07. The van der Waals surface area contributed by atoms with Gasteiger partial charge in [-0.05, 0) is 28.1 Å². The van der Waals surface area contributed by atoms with Crippen LogP contribution in [0, 0.1) is 0 Å². The van der Waals surface area contributed by atoms with Crippen LogP contribution in [0.3, 0.4) is 0 Å². The number of halogens is 2. The SMILES string of the molecule is CC(=O)Oc1cc(Br)cc(Br)c1OCCO. The summed E-state index contributed by atoms with van der Waals surface area (Å²) in [4.78, 5) is 10.9. The minimum atomic E-state index is -0.432. The molecule has 16 heavy (non-hydrogen) atoms. The Balaban J connectivity index is 3.05. The van der Waals surface area contributed by atoms with Crippen LogP contribution in [-0.2, 0) is 4.79 Å². The fraction of sp³-hybridized carbons (Fsp3) is 0.300. The minimum absolute atomic E-state index is 0.109. The second-order valence-electron chi connectivity index (χ2n) is 2.88. The zero-order chi connectivity index (χ0) is 12.1. The standard InChI is InChI=1S/C10H10Br2O4/c1-6(14)16-9-5-7(11)4-8(12)10(9)15-3-2-13/h4-5,13H,2-3H2,1H3. The Labute approximate surface area is 110 Å². The summed E-state index contributed by atoms with van der Waals surface area (Å²) in [5.41, 5.74) is 0. The van der Waals surface area contributed by atoms with E-state index in [1.807, 2.05) is 0 Å². The van der Waals surface area contributed by atoms with Crippen LogP contribution in [0.1, 0.15) is 6.92 Å². The molecule has 1 N–H and O–H groups in total. The Morgan fingerprint density at radius 3 is 2.69 bits per heavy atom. The van der Waals surface area contributed by atoms with E-state index in [2.05, 4.69) is 31.9 Å². The van der Waals surface area contributed by atoms with Crippen LogP contribution in [0.25, 0.3) is 0 Å². The normalized spacial score (nSPS) is 10.0. The predicted molar refractivity (Wildman–Crippen MR) is 65.7 cm³/mol. The summed E-state index contributed by atoms with van der Waals surface area (Å²) in [6, 6.07) is 3.39. The third-order valence-corrected chi connectivity index (χ3v) is 2.61. The van der Waals surface area contributed by atoms with Gasteiger partial charge in [0, 0.05) is 11.4 Å². The Morgan fingerprint density at radius 1 is 1.44 bits per heavy atom. The molecule has 0 fully saturated rings. The lowest BCUT2D eigenvalue weighted by atomic mass is 10.3. The predicted octanol–water partition coefficient (Wildman–Crippen LogP) is 2.51. The highest BCUT2D eigenvalue weighted by molar-refractivity contribution is 9.11. The summed E-state index contributed by atoms with van der Waals surface area (Å²) in [6.07, 6.45) is 0. The van der Waals surface area contributed by atoms with Gasteiger partial charge < -0.3 is 14.6 Å². The Bertz CT molecular complexity index is 393. The molecular weight excluding hydrogens is 344 g/mol. The van der Waals surface area contributed by atoms with Crippen LogP contribution in [0.5, 0.6) is 11.5 Å². The van der Waals surface area contributed by atoms with Gasteiger partial charge in [0.05, 0.1) is 11.1 Å². The topological polar surface area (TPSA) is 55.8 Å². The van der Waals surface area contributed by atoms with Gasteiger partial charge in [0.2, 0.25) is 0 Å². The molecule has 0 unspecified atom stereocenters. The van der Waals surface area contributed by atoms with Gasteiger partial charge in [-0.15, -0.1) is 0 Å². The molecule has 88 valence electrons. The van der Waals surface area contributed by atoms with Crippen LogP contribution >= 0.6 is 31.9 Å². The van der Waals surface area contributed by atoms with Crippen molar-refractivity contribution in [3.8, 4) is 11.5 Å². The fourth-order valence-corrected chi connectivity index (χ4v) is 2.36. The molecule has 1 rings (SSSR count). The number of aliphatic hydroxyl groups excluding tert-OH is 1. The van der Waals surface area contributed by atoms with Crippen molar-refractivity contribution in [1.82, 2.24) is 0 Å². The molecular formula is C10H10Br2O4. The molecule has 0 aromatic heterocycles. The van der Waals surface area contributed by atoms with Crippen molar-refractivity contribution in [2.45, 2.75) is 6.92 Å². The number of ether oxygens (including phenoxy) is 2. The number of rotatable bonds is 4. The highest BCUT2D eigenvalue weighted by Crippen LogP contribution is 2.38. The molecule has 0 atom stereocenters. The molecule has 0 radical (unpaired) electrons. The van der Waals surface area contributed by atoms with Gasteiger partial charge in [-0.1, -0.05) is 15.9 Å². The Kier molecular flexibility index (Phi) is 5.24. The summed E-state index contributed by atoms with van der Waals surface area (Å²) < 4.78 is 11.7. The van der Waals surface area contributed by atoms with Crippen LogP contribution in [0.4, 0.5) is 0 Å². The number of hydrogen-bond donors (Lipinski definition) is 1. The summed E-state index contributed by atoms with van der Waals surface area (Å²) in [6.45, 7) is 1.33. The average molecular weight is 354 g/mol. The smallest absolute Gasteiger partial charge is 0.308 e. The molecule has 0 saturated carbocycles. The Morgan fingerprint density at radius 2 is 2.12 bits per heavy atom. The Hall–Kier alpha value is -0.590. The first-order chi connectivity index (χ1) is 7.54. The van der Waals surface area contributed by atoms with Crippen molar-refractivity contribution in [2.24, 2.45) is 0 Å². The van der Waals surface area contributed by atoms with E-state index in [0.717, 1.165) is 4.47 Å². The molecule has 1 aromatic carbocycles. The summed E-state index contributed by atoms with van der Waals surface area (Å²) in [7, 11) is 0. The summed E-state index contributed by atoms with van der Waals surface area (Å²) in [5.74, 6) is 0.272. The maximum Gasteiger partial charge on any atom is 0.308 e. The van der Waals surface area contributed by atoms with Gasteiger partial charge in [0.25, 0.3) is 0 Å². The van der Waals surface area contributed by atoms with Gasteiger partial charge >= 0.3 is 5.97 Å². The molecule has 4 nitrogen and oxygen atoms in total. The number of carbonyl (C=O) groups is 1. The molecule has 6 heteroatoms. The van der Waals surface area contributed by atoms with Crippen LogP contribution < -0.4 is 9.47 Å². The zero-order valence-corrected chi connectivity index (χ0v) is 11.7. The molecule has 0 aliphatic rings. The molecule has 0 spiro atoms. The van der Waals surface area contributed by atoms with E-state index in [4.69, 9.17) is 14.6 Å². The maximum atomic E-state index is 10.9. The first kappa shape index (κ1) is 13.5. The lowest BCUT2D eigenvalue weighted by Gasteiger charge is -2.12. The third-order valence-electron chi connectivity index (χ3n) is 1.57. The van der Waals surface area contributed by atoms with E-state index in [1.54, 1.807) is 12.1 Å². The number of aliphatic hydroxyl groups is 1. The van der Waals surface area contributed by atoms with E-state index in [-0.39, 0.29) is 13.2 Å². The van der Waals surface area contributed by atoms with Gasteiger partial charge in [-0.25, -0.2) is 0 Å². The summed E-state index contributed by atoms with van der Waals surface area (Å²) >= 11 is 6.57. The largest absolute Gasteiger partial charge is 0.486 e. The second-order valence-corrected chi connectivity index (χ2v) is 4.65. The van der Waals surface area contributed by atoms with Crippen molar-refractivity contribution in [2.75, 3.05) is 13.2 Å². The van der Waals surface area contributed by atoms with Gasteiger partial charge in [-0.3, -0.25) is 4.79 Å². The molecule has 0 aliphatic carbocycles. The average Bonchev–Trinajstić information content (AvgIpc) is 2.15. The first-order valence-electron chi connectivity index (χ1n) is 4.45. The van der Waals surface area contributed by atoms with Crippen LogP contribution in [0.15, 0.2) is 21.1 Å². The van der Waals surface area contributed by atoms with Gasteiger partial charge in [0.15, 0.2) is 11.5 Å². The maximum absolute atomic E-state index is 10.9. The van der Waals surface area contributed by atoms with Crippen molar-refractivity contribution < 1.29 is 19.4 Å². The van der Waals surface area contributed by atoms with Crippen LogP contribution in [-0.4, -0.2) is 24.3 Å². The molecule has 1 aromatic rings. The van der Waals surface area contributed by atoms with E-state index in [1.165, 1.54) is 6.92 Å². The number of carbonyl (C=O) groups excluding carboxylic acids is 1. The fourth-order valence-electron chi connectivity index (χ4n) is 1.06. The van der Waals surface area contributed by atoms with Gasteiger partial charge in [-0.2, -0.15) is 0 Å². The quantitative estimate of drug-likeness (QED) is 0.667. The minimum Gasteiger partial charge on any atom is -0.486 e. The lowest BCUT2D eigenvalue weighted by molar-refractivity contribution is -0.132. The van der Waals surface area contributed by atoms with E-state index in [0.29, 0.717) is 16.0 Å². The monoisotopic (exact) mass is 352 g/mol. The number of hydrogen-bond acceptors (Lipinski definition) is 4. The first-order valence-corrected chi connectivity index (χ1v) is 6.04. The van der Waals surface area contributed by atoms with Crippen molar-refractivity contribution in [1.29, 1.82) is 0 Å². The number of esters is 1. The third kappa shape index (κ3) is 3.77. The molecule has 0 saturated heterocycles. The highest BCUT2D eigenvalue weighted by atomic mass is 79.9. The van der Waals surface area contributed by atoms with Crippen molar-refractivity contribution in [3.63, 3.8) is 0 Å². The molecule has 0 amide bonds. The second kappa shape index (κ2) is 6.22. The van der Waals surface area contributed by atoms with Crippen molar-refractivity contribution in [3.05, 3.63) is 21.1 Å². The van der Waals surface area contributed by atoms with Crippen LogP contribution in [0.2, 0.25) is 0 Å². The van der Waals surface area contributed by atoms with Crippen molar-refractivity contribution >= 4 is 37.8 Å². The highest BCUT2D eigenvalue weighted by Gasteiger charge is 2.13. The molecule has 0 aliphatic heterocycles. The molecule has 0 bridgehead atoms. The van der Waals surface area contributed by atoms with E-state index in [9.17, 15) is 4.79 Å². The van der Waals surface area contributed by atoms with E-state index >= 15 is 0 Å². The molecule has 0 heterocycles. The number of benzene rings is 1.